The Hall–Kier alpha value is -1.83. The van der Waals surface area contributed by atoms with Gasteiger partial charge in [0.2, 0.25) is 0 Å². The van der Waals surface area contributed by atoms with Crippen molar-refractivity contribution in [2.45, 2.75) is 45.4 Å². The van der Waals surface area contributed by atoms with Gasteiger partial charge in [-0.05, 0) is 49.0 Å². The maximum absolute atomic E-state index is 11.9. The van der Waals surface area contributed by atoms with E-state index in [9.17, 15) is 4.79 Å². The van der Waals surface area contributed by atoms with Crippen molar-refractivity contribution in [1.82, 2.24) is 0 Å². The number of hydrogen-bond donors (Lipinski definition) is 0. The summed E-state index contributed by atoms with van der Waals surface area (Å²) in [5.74, 6) is 0.332. The number of benzene rings is 1. The highest BCUT2D eigenvalue weighted by Gasteiger charge is 2.11. The van der Waals surface area contributed by atoms with Crippen LogP contribution in [0.15, 0.2) is 42.0 Å². The van der Waals surface area contributed by atoms with Crippen molar-refractivity contribution in [2.24, 2.45) is 0 Å². The van der Waals surface area contributed by atoms with E-state index in [1.807, 2.05) is 12.2 Å². The Bertz CT molecular complexity index is 539. The van der Waals surface area contributed by atoms with Crippen LogP contribution in [0, 0.1) is 0 Å². The summed E-state index contributed by atoms with van der Waals surface area (Å²) in [4.78, 5) is 14.2. The predicted octanol–water partition coefficient (Wildman–Crippen LogP) is 5.01. The molecule has 0 unspecified atom stereocenters. The molecule has 0 N–H and O–H groups in total. The van der Waals surface area contributed by atoms with Crippen LogP contribution < -0.4 is 4.90 Å². The molecule has 0 aromatic heterocycles. The number of carbonyl (C=O) groups is 1. The van der Waals surface area contributed by atoms with Crippen LogP contribution in [0.5, 0.6) is 0 Å². The van der Waals surface area contributed by atoms with E-state index < -0.39 is 0 Å². The Morgan fingerprint density at radius 1 is 1.09 bits per heavy atom. The van der Waals surface area contributed by atoms with Gasteiger partial charge >= 0.3 is 0 Å². The molecule has 1 aliphatic rings. The van der Waals surface area contributed by atoms with Crippen molar-refractivity contribution >= 4 is 17.5 Å². The van der Waals surface area contributed by atoms with Gasteiger partial charge < -0.3 is 4.90 Å². The Kier molecular flexibility index (Phi) is 6.45. The largest absolute Gasteiger partial charge is 0.375 e. The molecule has 2 heteroatoms. The average Bonchev–Trinajstić information content (AvgIpc) is 2.73. The van der Waals surface area contributed by atoms with Crippen molar-refractivity contribution in [2.75, 3.05) is 18.5 Å². The molecule has 2 nitrogen and oxygen atoms in total. The van der Waals surface area contributed by atoms with E-state index in [4.69, 9.17) is 0 Å². The normalized spacial score (nSPS) is 17.9. The highest BCUT2D eigenvalue weighted by Crippen LogP contribution is 2.20. The molecule has 0 radical (unpaired) electrons. The summed E-state index contributed by atoms with van der Waals surface area (Å²) in [5, 5.41) is 0. The Balaban J connectivity index is 1.99. The molecule has 1 aliphatic carbocycles. The van der Waals surface area contributed by atoms with Crippen LogP contribution in [0.4, 0.5) is 5.69 Å². The molecule has 2 rings (SSSR count). The van der Waals surface area contributed by atoms with Crippen LogP contribution in [-0.2, 0) is 4.79 Å². The lowest BCUT2D eigenvalue weighted by Gasteiger charge is -2.18. The fourth-order valence-corrected chi connectivity index (χ4v) is 2.83. The maximum Gasteiger partial charge on any atom is 0.158 e. The van der Waals surface area contributed by atoms with Gasteiger partial charge in [0.1, 0.15) is 0 Å². The molecule has 1 saturated carbocycles. The topological polar surface area (TPSA) is 20.3 Å². The van der Waals surface area contributed by atoms with Crippen LogP contribution in [0.2, 0.25) is 0 Å². The van der Waals surface area contributed by atoms with Crippen LogP contribution in [0.25, 0.3) is 6.08 Å². The van der Waals surface area contributed by atoms with Gasteiger partial charge in [0.25, 0.3) is 0 Å². The van der Waals surface area contributed by atoms with Crippen LogP contribution in [-0.4, -0.2) is 19.4 Å². The first-order valence-electron chi connectivity index (χ1n) is 8.42. The summed E-state index contributed by atoms with van der Waals surface area (Å²) in [6.45, 7) is 3.26. The van der Waals surface area contributed by atoms with E-state index >= 15 is 0 Å². The van der Waals surface area contributed by atoms with Crippen LogP contribution in [0.3, 0.4) is 0 Å². The third-order valence-corrected chi connectivity index (χ3v) is 4.19. The van der Waals surface area contributed by atoms with Crippen molar-refractivity contribution in [1.29, 1.82) is 0 Å². The van der Waals surface area contributed by atoms with Gasteiger partial charge in [-0.3, -0.25) is 4.79 Å². The summed E-state index contributed by atoms with van der Waals surface area (Å²) in [7, 11) is 2.12. The highest BCUT2D eigenvalue weighted by molar-refractivity contribution is 5.95. The first kappa shape index (κ1) is 16.5. The number of allylic oxidation sites excluding steroid dienone is 3. The zero-order valence-corrected chi connectivity index (χ0v) is 13.8. The second kappa shape index (κ2) is 8.57. The fourth-order valence-electron chi connectivity index (χ4n) is 2.83. The zero-order valence-electron chi connectivity index (χ0n) is 13.8. The van der Waals surface area contributed by atoms with Crippen LogP contribution >= 0.6 is 0 Å². The van der Waals surface area contributed by atoms with E-state index in [1.165, 1.54) is 17.7 Å². The predicted molar refractivity (Wildman–Crippen MR) is 95.2 cm³/mol. The van der Waals surface area contributed by atoms with E-state index in [1.54, 1.807) is 0 Å². The van der Waals surface area contributed by atoms with Gasteiger partial charge in [-0.1, -0.05) is 43.7 Å². The minimum absolute atomic E-state index is 0.332. The molecule has 1 aromatic carbocycles. The molecule has 1 aromatic rings. The standard InChI is InChI=1S/C20H27NO/c1-3-16-21(2)19-14-12-17(13-15-19)8-7-10-18-9-5-4-6-11-20(18)22/h7-8,10,12-15H,3-6,9,11,16H2,1-2H3/b8-7+,18-10+. The molecule has 0 aliphatic heterocycles. The van der Waals surface area contributed by atoms with E-state index in [0.717, 1.165) is 44.2 Å². The second-order valence-electron chi connectivity index (χ2n) is 6.05. The van der Waals surface area contributed by atoms with Crippen molar-refractivity contribution < 1.29 is 4.79 Å². The van der Waals surface area contributed by atoms with E-state index in [0.29, 0.717) is 5.78 Å². The van der Waals surface area contributed by atoms with E-state index in [2.05, 4.69) is 49.2 Å². The lowest BCUT2D eigenvalue weighted by atomic mass is 10.1. The van der Waals surface area contributed by atoms with Crippen molar-refractivity contribution in [3.8, 4) is 0 Å². The second-order valence-corrected chi connectivity index (χ2v) is 6.05. The first-order chi connectivity index (χ1) is 10.7. The summed E-state index contributed by atoms with van der Waals surface area (Å²) in [6.07, 6.45) is 12.3. The number of anilines is 1. The lowest BCUT2D eigenvalue weighted by molar-refractivity contribution is -0.115. The summed E-state index contributed by atoms with van der Waals surface area (Å²) >= 11 is 0. The number of ketones is 1. The molecule has 0 saturated heterocycles. The Morgan fingerprint density at radius 3 is 2.55 bits per heavy atom. The smallest absolute Gasteiger partial charge is 0.158 e. The third kappa shape index (κ3) is 4.87. The quantitative estimate of drug-likeness (QED) is 0.562. The molecule has 118 valence electrons. The first-order valence-corrected chi connectivity index (χ1v) is 8.42. The number of Topliss-reactive ketones (excluding diaryl/α,β-unsaturated/α-hetero) is 1. The molecule has 0 heterocycles. The molecule has 0 spiro atoms. The van der Waals surface area contributed by atoms with Gasteiger partial charge in [0, 0.05) is 25.7 Å². The summed E-state index contributed by atoms with van der Waals surface area (Å²) in [5.41, 5.74) is 3.41. The van der Waals surface area contributed by atoms with Crippen LogP contribution in [0.1, 0.15) is 51.0 Å². The molecular formula is C20H27NO. The molecule has 0 amide bonds. The van der Waals surface area contributed by atoms with Gasteiger partial charge in [0.05, 0.1) is 0 Å². The van der Waals surface area contributed by atoms with Gasteiger partial charge in [-0.25, -0.2) is 0 Å². The summed E-state index contributed by atoms with van der Waals surface area (Å²) in [6, 6.07) is 8.56. The highest BCUT2D eigenvalue weighted by atomic mass is 16.1. The van der Waals surface area contributed by atoms with Crippen molar-refractivity contribution in [3.05, 3.63) is 47.6 Å². The zero-order chi connectivity index (χ0) is 15.8. The fraction of sp³-hybridized carbons (Fsp3) is 0.450. The minimum Gasteiger partial charge on any atom is -0.375 e. The minimum atomic E-state index is 0.332. The molecular weight excluding hydrogens is 270 g/mol. The van der Waals surface area contributed by atoms with Gasteiger partial charge in [-0.2, -0.15) is 0 Å². The lowest BCUT2D eigenvalue weighted by Crippen LogP contribution is -2.17. The molecule has 22 heavy (non-hydrogen) atoms. The average molecular weight is 297 g/mol. The van der Waals surface area contributed by atoms with Crippen molar-refractivity contribution in [3.63, 3.8) is 0 Å². The maximum atomic E-state index is 11.9. The van der Waals surface area contributed by atoms with E-state index in [-0.39, 0.29) is 0 Å². The molecule has 0 bridgehead atoms. The number of rotatable bonds is 5. The molecule has 1 fully saturated rings. The number of nitrogens with zero attached hydrogens (tertiary/aromatic N) is 1. The molecule has 0 atom stereocenters. The SMILES string of the molecule is CCCN(C)c1ccc(/C=C/C=C2\CCCCCC2=O)cc1. The number of hydrogen-bond acceptors (Lipinski definition) is 2. The Labute approximate surface area is 134 Å². The Morgan fingerprint density at radius 2 is 1.82 bits per heavy atom. The van der Waals surface area contributed by atoms with Gasteiger partial charge in [-0.15, -0.1) is 0 Å². The van der Waals surface area contributed by atoms with Gasteiger partial charge in [0.15, 0.2) is 5.78 Å². The third-order valence-electron chi connectivity index (χ3n) is 4.19. The summed E-state index contributed by atoms with van der Waals surface area (Å²) < 4.78 is 0. The monoisotopic (exact) mass is 297 g/mol. The number of carbonyl (C=O) groups excluding carboxylic acids is 1.